The number of anilines is 1. The SMILES string of the molecule is Cc1nc2cc(-c3nn4c(c3C(N)=O)CN(C(=O)Nc3ccc(C#N)c(F)c3)CC4)cc(Cl)c2o1. The highest BCUT2D eigenvalue weighted by Crippen LogP contribution is 2.34. The van der Waals surface area contributed by atoms with Gasteiger partial charge in [0.1, 0.15) is 23.1 Å². The Kier molecular flexibility index (Phi) is 5.37. The van der Waals surface area contributed by atoms with Crippen LogP contribution in [0.1, 0.15) is 27.5 Å². The highest BCUT2D eigenvalue weighted by atomic mass is 35.5. The van der Waals surface area contributed by atoms with E-state index < -0.39 is 17.8 Å². The Bertz CT molecular complexity index is 1570. The van der Waals surface area contributed by atoms with Crippen LogP contribution in [-0.4, -0.2) is 38.1 Å². The number of nitrogens with one attached hydrogen (secondary N) is 1. The van der Waals surface area contributed by atoms with Crippen LogP contribution in [0.4, 0.5) is 14.9 Å². The number of nitrogens with zero attached hydrogens (tertiary/aromatic N) is 5. The number of carbonyl (C=O) groups excluding carboxylic acids is 2. The number of oxazole rings is 1. The van der Waals surface area contributed by atoms with Crippen molar-refractivity contribution in [2.75, 3.05) is 11.9 Å². The second-order valence-corrected chi connectivity index (χ2v) is 8.36. The van der Waals surface area contributed by atoms with Crippen LogP contribution in [0.25, 0.3) is 22.4 Å². The molecule has 176 valence electrons. The Labute approximate surface area is 202 Å². The summed E-state index contributed by atoms with van der Waals surface area (Å²) in [7, 11) is 0. The molecule has 3 N–H and O–H groups in total. The van der Waals surface area contributed by atoms with Gasteiger partial charge in [0.2, 0.25) is 0 Å². The summed E-state index contributed by atoms with van der Waals surface area (Å²) in [6, 6.07) is 8.36. The molecule has 0 saturated carbocycles. The first-order chi connectivity index (χ1) is 16.7. The molecule has 0 atom stereocenters. The Morgan fingerprint density at radius 1 is 1.29 bits per heavy atom. The molecule has 2 aromatic heterocycles. The van der Waals surface area contributed by atoms with Crippen LogP contribution in [0, 0.1) is 24.1 Å². The molecular weight excluding hydrogens is 477 g/mol. The lowest BCUT2D eigenvalue weighted by Crippen LogP contribution is -2.41. The van der Waals surface area contributed by atoms with Crippen molar-refractivity contribution >= 4 is 40.3 Å². The fraction of sp³-hybridized carbons (Fsp3) is 0.174. The smallest absolute Gasteiger partial charge is 0.322 e. The summed E-state index contributed by atoms with van der Waals surface area (Å²) in [6.45, 7) is 2.35. The molecule has 1 aliphatic rings. The van der Waals surface area contributed by atoms with Gasteiger partial charge in [-0.15, -0.1) is 0 Å². The first-order valence-electron chi connectivity index (χ1n) is 10.5. The summed E-state index contributed by atoms with van der Waals surface area (Å²) < 4.78 is 21.0. The van der Waals surface area contributed by atoms with E-state index in [1.165, 1.54) is 17.0 Å². The van der Waals surface area contributed by atoms with Gasteiger partial charge in [-0.05, 0) is 30.3 Å². The molecule has 0 fully saturated rings. The monoisotopic (exact) mass is 493 g/mol. The molecule has 0 saturated heterocycles. The standard InChI is InChI=1S/C23H17ClFN7O3/c1-11-28-17-7-13(6-15(24)21(17)35-11)20-19(22(27)33)18-10-31(4-5-32(18)30-20)23(34)29-14-3-2-12(9-26)16(25)8-14/h2-3,6-8H,4-5,10H2,1H3,(H2,27,33)(H,29,34). The van der Waals surface area contributed by atoms with E-state index in [1.54, 1.807) is 29.8 Å². The van der Waals surface area contributed by atoms with Crippen LogP contribution >= 0.6 is 11.6 Å². The first kappa shape index (κ1) is 22.4. The van der Waals surface area contributed by atoms with Gasteiger partial charge in [0.25, 0.3) is 5.91 Å². The summed E-state index contributed by atoms with van der Waals surface area (Å²) in [5.74, 6) is -0.993. The van der Waals surface area contributed by atoms with Crippen molar-refractivity contribution in [1.29, 1.82) is 5.26 Å². The number of aryl methyl sites for hydroxylation is 1. The lowest BCUT2D eigenvalue weighted by molar-refractivity contribution is 0.0997. The molecule has 1 aliphatic heterocycles. The van der Waals surface area contributed by atoms with Gasteiger partial charge in [0.15, 0.2) is 11.5 Å². The zero-order valence-corrected chi connectivity index (χ0v) is 19.1. The predicted molar refractivity (Wildman–Crippen MR) is 124 cm³/mol. The minimum atomic E-state index is -0.736. The molecule has 12 heteroatoms. The van der Waals surface area contributed by atoms with Gasteiger partial charge in [0, 0.05) is 24.7 Å². The average Bonchev–Trinajstić information content (AvgIpc) is 3.39. The Morgan fingerprint density at radius 3 is 2.80 bits per heavy atom. The first-order valence-corrected chi connectivity index (χ1v) is 10.8. The van der Waals surface area contributed by atoms with Crippen molar-refractivity contribution in [1.82, 2.24) is 19.7 Å². The third-order valence-corrected chi connectivity index (χ3v) is 5.96. The van der Waals surface area contributed by atoms with Crippen LogP contribution in [-0.2, 0) is 13.1 Å². The quantitative estimate of drug-likeness (QED) is 0.444. The Hall–Kier alpha value is -4.43. The molecule has 0 spiro atoms. The van der Waals surface area contributed by atoms with Crippen molar-refractivity contribution in [2.45, 2.75) is 20.0 Å². The van der Waals surface area contributed by atoms with Crippen molar-refractivity contribution < 1.29 is 18.4 Å². The number of nitrogens with two attached hydrogens (primary N) is 1. The van der Waals surface area contributed by atoms with Crippen molar-refractivity contribution in [2.24, 2.45) is 5.73 Å². The third kappa shape index (κ3) is 3.94. The lowest BCUT2D eigenvalue weighted by Gasteiger charge is -2.28. The Balaban J connectivity index is 1.46. The molecule has 0 radical (unpaired) electrons. The number of fused-ring (bicyclic) bond motifs is 2. The van der Waals surface area contributed by atoms with E-state index in [9.17, 15) is 14.0 Å². The zero-order valence-electron chi connectivity index (χ0n) is 18.3. The number of aromatic nitrogens is 3. The number of urea groups is 1. The van der Waals surface area contributed by atoms with Gasteiger partial charge in [-0.3, -0.25) is 9.48 Å². The van der Waals surface area contributed by atoms with Crippen LogP contribution in [0.5, 0.6) is 0 Å². The highest BCUT2D eigenvalue weighted by Gasteiger charge is 2.30. The van der Waals surface area contributed by atoms with Crippen LogP contribution < -0.4 is 11.1 Å². The molecule has 10 nitrogen and oxygen atoms in total. The van der Waals surface area contributed by atoms with Gasteiger partial charge in [0.05, 0.1) is 34.9 Å². The maximum absolute atomic E-state index is 13.9. The summed E-state index contributed by atoms with van der Waals surface area (Å²) in [5.41, 5.74) is 8.24. The largest absolute Gasteiger partial charge is 0.439 e. The van der Waals surface area contributed by atoms with Crippen molar-refractivity contribution in [3.8, 4) is 17.3 Å². The molecule has 3 heterocycles. The van der Waals surface area contributed by atoms with E-state index >= 15 is 0 Å². The highest BCUT2D eigenvalue weighted by molar-refractivity contribution is 6.35. The van der Waals surface area contributed by atoms with Crippen LogP contribution in [0.3, 0.4) is 0 Å². The van der Waals surface area contributed by atoms with Crippen LogP contribution in [0.15, 0.2) is 34.7 Å². The van der Waals surface area contributed by atoms with Gasteiger partial charge < -0.3 is 20.4 Å². The van der Waals surface area contributed by atoms with E-state index in [0.717, 1.165) is 6.07 Å². The van der Waals surface area contributed by atoms with E-state index in [-0.39, 0.29) is 23.4 Å². The number of benzene rings is 2. The van der Waals surface area contributed by atoms with Crippen LogP contribution in [0.2, 0.25) is 5.02 Å². The molecule has 5 rings (SSSR count). The second-order valence-electron chi connectivity index (χ2n) is 7.96. The minimum absolute atomic E-state index is 0.0505. The maximum atomic E-state index is 13.9. The van der Waals surface area contributed by atoms with Gasteiger partial charge in [-0.25, -0.2) is 14.2 Å². The maximum Gasteiger partial charge on any atom is 0.322 e. The third-order valence-electron chi connectivity index (χ3n) is 5.68. The topological polar surface area (TPSA) is 143 Å². The molecule has 4 aromatic rings. The Morgan fingerprint density at radius 2 is 2.09 bits per heavy atom. The molecule has 0 unspecified atom stereocenters. The molecule has 0 aliphatic carbocycles. The number of rotatable bonds is 3. The number of primary amides is 1. The number of nitriles is 1. The molecule has 2 aromatic carbocycles. The number of carbonyl (C=O) groups is 2. The summed E-state index contributed by atoms with van der Waals surface area (Å²) in [6.07, 6.45) is 0. The van der Waals surface area contributed by atoms with E-state index in [2.05, 4.69) is 15.4 Å². The van der Waals surface area contributed by atoms with E-state index in [0.29, 0.717) is 52.1 Å². The normalized spacial score (nSPS) is 12.9. The zero-order chi connectivity index (χ0) is 24.9. The molecular formula is C23H17ClFN7O3. The average molecular weight is 494 g/mol. The molecule has 35 heavy (non-hydrogen) atoms. The fourth-order valence-electron chi connectivity index (χ4n) is 4.08. The van der Waals surface area contributed by atoms with Gasteiger partial charge in [-0.1, -0.05) is 11.6 Å². The number of amides is 3. The van der Waals surface area contributed by atoms with Crippen molar-refractivity contribution in [3.63, 3.8) is 0 Å². The minimum Gasteiger partial charge on any atom is -0.439 e. The summed E-state index contributed by atoms with van der Waals surface area (Å²) >= 11 is 6.37. The molecule has 0 bridgehead atoms. The second kappa shape index (κ2) is 8.41. The van der Waals surface area contributed by atoms with Gasteiger partial charge >= 0.3 is 6.03 Å². The van der Waals surface area contributed by atoms with E-state index in [4.69, 9.17) is 27.0 Å². The van der Waals surface area contributed by atoms with E-state index in [1.807, 2.05) is 0 Å². The van der Waals surface area contributed by atoms with Gasteiger partial charge in [-0.2, -0.15) is 10.4 Å². The molecule has 3 amide bonds. The predicted octanol–water partition coefficient (Wildman–Crippen LogP) is 3.81. The number of hydrogen-bond acceptors (Lipinski definition) is 6. The number of hydrogen-bond donors (Lipinski definition) is 2. The van der Waals surface area contributed by atoms with Crippen molar-refractivity contribution in [3.05, 3.63) is 63.9 Å². The summed E-state index contributed by atoms with van der Waals surface area (Å²) in [5, 5.41) is 16.4. The summed E-state index contributed by atoms with van der Waals surface area (Å²) in [4.78, 5) is 31.1. The number of halogens is 2. The lowest BCUT2D eigenvalue weighted by atomic mass is 10.0. The fourth-order valence-corrected chi connectivity index (χ4v) is 4.33.